The minimum atomic E-state index is -2.02. The molecule has 0 saturated carbocycles. The molecule has 3 nitrogen and oxygen atoms in total. The van der Waals surface area contributed by atoms with Gasteiger partial charge in [-0.05, 0) is 0 Å². The summed E-state index contributed by atoms with van der Waals surface area (Å²) in [6, 6.07) is 17.6. The first-order valence-electron chi connectivity index (χ1n) is 7.78. The molecule has 1 heterocycles. The quantitative estimate of drug-likeness (QED) is 0.566. The number of anilines is 1. The standard InChI is InChI=1S/C19H19NO2SSe/c1-20-16-11-5-6-12-17(16)23-18(19(20)21)13-7-8-14-24(22)15-9-3-2-4-10-15/h2-12,18H,13-14H2,1H3/b8-7-. The Kier molecular flexibility index (Phi) is 5.67. The molecular formula is C19H19NO2SSe. The molecule has 2 atom stereocenters. The summed E-state index contributed by atoms with van der Waals surface area (Å²) in [6.07, 6.45) is 4.61. The number of hydrogen-bond acceptors (Lipinski definition) is 3. The van der Waals surface area contributed by atoms with Gasteiger partial charge in [-0.1, -0.05) is 0 Å². The second kappa shape index (κ2) is 7.93. The number of benzene rings is 2. The monoisotopic (exact) mass is 405 g/mol. The van der Waals surface area contributed by atoms with Crippen molar-refractivity contribution >= 4 is 41.7 Å². The van der Waals surface area contributed by atoms with Crippen LogP contribution in [0.25, 0.3) is 0 Å². The molecule has 0 radical (unpaired) electrons. The van der Waals surface area contributed by atoms with Crippen LogP contribution in [-0.2, 0) is 8.63 Å². The van der Waals surface area contributed by atoms with Gasteiger partial charge in [-0.15, -0.1) is 0 Å². The van der Waals surface area contributed by atoms with E-state index in [1.165, 1.54) is 0 Å². The molecule has 1 amide bonds. The molecule has 5 heteroatoms. The van der Waals surface area contributed by atoms with E-state index in [0.717, 1.165) is 15.0 Å². The van der Waals surface area contributed by atoms with Crippen LogP contribution >= 0.6 is 11.8 Å². The van der Waals surface area contributed by atoms with E-state index in [2.05, 4.69) is 6.07 Å². The summed E-state index contributed by atoms with van der Waals surface area (Å²) in [5.41, 5.74) is 0.975. The summed E-state index contributed by atoms with van der Waals surface area (Å²) in [5, 5.41) is 0.463. The zero-order valence-corrected chi connectivity index (χ0v) is 16.0. The van der Waals surface area contributed by atoms with Crippen LogP contribution in [0.2, 0.25) is 5.32 Å². The topological polar surface area (TPSA) is 37.4 Å². The Hall–Kier alpha value is -1.68. The van der Waals surface area contributed by atoms with E-state index in [0.29, 0.717) is 11.7 Å². The molecule has 0 aliphatic carbocycles. The molecule has 0 bridgehead atoms. The van der Waals surface area contributed by atoms with Crippen molar-refractivity contribution in [3.63, 3.8) is 0 Å². The Balaban J connectivity index is 1.59. The van der Waals surface area contributed by atoms with Crippen molar-refractivity contribution in [2.24, 2.45) is 0 Å². The zero-order valence-electron chi connectivity index (χ0n) is 13.4. The molecule has 24 heavy (non-hydrogen) atoms. The van der Waals surface area contributed by atoms with Gasteiger partial charge in [-0.3, -0.25) is 0 Å². The Morgan fingerprint density at radius 3 is 2.58 bits per heavy atom. The van der Waals surface area contributed by atoms with E-state index >= 15 is 0 Å². The first kappa shape index (κ1) is 17.2. The number of fused-ring (bicyclic) bond motifs is 1. The van der Waals surface area contributed by atoms with Gasteiger partial charge in [0.1, 0.15) is 0 Å². The third kappa shape index (κ3) is 3.86. The van der Waals surface area contributed by atoms with Crippen molar-refractivity contribution in [3.8, 4) is 0 Å². The van der Waals surface area contributed by atoms with Gasteiger partial charge in [-0.25, -0.2) is 0 Å². The number of allylic oxidation sites excluding steroid dienone is 2. The van der Waals surface area contributed by atoms with Crippen LogP contribution in [-0.4, -0.2) is 32.0 Å². The van der Waals surface area contributed by atoms with Crippen LogP contribution < -0.4 is 9.36 Å². The Bertz CT molecular complexity index is 776. The van der Waals surface area contributed by atoms with Gasteiger partial charge in [0.05, 0.1) is 0 Å². The third-order valence-electron chi connectivity index (χ3n) is 3.87. The van der Waals surface area contributed by atoms with Crippen molar-refractivity contribution in [1.82, 2.24) is 0 Å². The fraction of sp³-hybridized carbons (Fsp3) is 0.211. The third-order valence-corrected chi connectivity index (χ3v) is 7.86. The normalized spacial score (nSPS) is 18.6. The molecule has 0 N–H and O–H groups in total. The van der Waals surface area contributed by atoms with E-state index in [1.807, 2.05) is 67.7 Å². The molecule has 2 aromatic rings. The Morgan fingerprint density at radius 2 is 1.79 bits per heavy atom. The zero-order chi connectivity index (χ0) is 16.9. The van der Waals surface area contributed by atoms with Crippen LogP contribution in [0.3, 0.4) is 0 Å². The minimum absolute atomic E-state index is 0.108. The van der Waals surface area contributed by atoms with Gasteiger partial charge in [0.15, 0.2) is 0 Å². The maximum atomic E-state index is 12.5. The van der Waals surface area contributed by atoms with Crippen LogP contribution in [0.5, 0.6) is 0 Å². The number of nitrogens with zero attached hydrogens (tertiary/aromatic N) is 1. The van der Waals surface area contributed by atoms with E-state index in [-0.39, 0.29) is 11.2 Å². The number of rotatable bonds is 5. The van der Waals surface area contributed by atoms with Gasteiger partial charge in [0, 0.05) is 0 Å². The van der Waals surface area contributed by atoms with Crippen LogP contribution in [0.1, 0.15) is 6.42 Å². The number of hydrogen-bond donors (Lipinski definition) is 0. The fourth-order valence-corrected chi connectivity index (χ4v) is 5.84. The Morgan fingerprint density at radius 1 is 1.08 bits per heavy atom. The van der Waals surface area contributed by atoms with Crippen LogP contribution in [0.4, 0.5) is 5.69 Å². The first-order chi connectivity index (χ1) is 11.7. The molecule has 2 aromatic carbocycles. The summed E-state index contributed by atoms with van der Waals surface area (Å²) in [4.78, 5) is 15.3. The number of para-hydroxylation sites is 1. The Labute approximate surface area is 150 Å². The molecule has 1 aliphatic rings. The van der Waals surface area contributed by atoms with E-state index in [9.17, 15) is 8.63 Å². The second-order valence-corrected chi connectivity index (χ2v) is 9.89. The van der Waals surface area contributed by atoms with Crippen LogP contribution in [0.15, 0.2) is 71.6 Å². The SMILES string of the molecule is CN1C(=O)C(C/C=C\C[Se](=O)c2ccccc2)Sc2ccccc21. The molecule has 124 valence electrons. The molecule has 0 spiro atoms. The molecule has 0 saturated heterocycles. The van der Waals surface area contributed by atoms with Gasteiger partial charge in [0.25, 0.3) is 0 Å². The molecule has 3 rings (SSSR count). The summed E-state index contributed by atoms with van der Waals surface area (Å²) in [6.45, 7) is 0. The fourth-order valence-electron chi connectivity index (χ4n) is 2.56. The predicted molar refractivity (Wildman–Crippen MR) is 101 cm³/mol. The van der Waals surface area contributed by atoms with Crippen molar-refractivity contribution < 1.29 is 8.63 Å². The van der Waals surface area contributed by atoms with Gasteiger partial charge < -0.3 is 0 Å². The number of carbonyl (C=O) groups is 1. The summed E-state index contributed by atoms with van der Waals surface area (Å²) in [5.74, 6) is 0.126. The first-order valence-corrected chi connectivity index (χ1v) is 11.4. The van der Waals surface area contributed by atoms with E-state index in [1.54, 1.807) is 16.7 Å². The molecule has 2 unspecified atom stereocenters. The van der Waals surface area contributed by atoms with Gasteiger partial charge in [-0.2, -0.15) is 0 Å². The molecule has 1 aliphatic heterocycles. The van der Waals surface area contributed by atoms with E-state index in [4.69, 9.17) is 0 Å². The average molecular weight is 404 g/mol. The molecule has 0 aromatic heterocycles. The second-order valence-electron chi connectivity index (χ2n) is 5.50. The van der Waals surface area contributed by atoms with Crippen molar-refractivity contribution in [2.45, 2.75) is 21.9 Å². The number of thioether (sulfide) groups is 1. The summed E-state index contributed by atoms with van der Waals surface area (Å²) >= 11 is -0.402. The molecule has 0 fully saturated rings. The van der Waals surface area contributed by atoms with Crippen molar-refractivity contribution in [1.29, 1.82) is 0 Å². The van der Waals surface area contributed by atoms with Gasteiger partial charge >= 0.3 is 151 Å². The number of amides is 1. The van der Waals surface area contributed by atoms with Crippen molar-refractivity contribution in [2.75, 3.05) is 11.9 Å². The molecular weight excluding hydrogens is 385 g/mol. The van der Waals surface area contributed by atoms with Gasteiger partial charge in [0.2, 0.25) is 0 Å². The number of carbonyl (C=O) groups excluding carboxylic acids is 1. The van der Waals surface area contributed by atoms with Crippen LogP contribution in [0, 0.1) is 0 Å². The predicted octanol–water partition coefficient (Wildman–Crippen LogP) is 3.40. The summed E-state index contributed by atoms with van der Waals surface area (Å²) in [7, 11) is 1.83. The van der Waals surface area contributed by atoms with Crippen molar-refractivity contribution in [3.05, 3.63) is 66.7 Å². The summed E-state index contributed by atoms with van der Waals surface area (Å²) < 4.78 is 13.2. The average Bonchev–Trinajstić information content (AvgIpc) is 2.63. The maximum absolute atomic E-state index is 12.5. The van der Waals surface area contributed by atoms with E-state index < -0.39 is 13.8 Å².